The predicted octanol–water partition coefficient (Wildman–Crippen LogP) is 0.227. The van der Waals surface area contributed by atoms with E-state index in [2.05, 4.69) is 10.4 Å². The molecule has 0 unspecified atom stereocenters. The van der Waals surface area contributed by atoms with Gasteiger partial charge in [-0.25, -0.2) is 9.48 Å². The molecule has 1 N–H and O–H groups in total. The van der Waals surface area contributed by atoms with E-state index >= 15 is 0 Å². The Morgan fingerprint density at radius 1 is 1.32 bits per heavy atom. The van der Waals surface area contributed by atoms with Crippen LogP contribution in [-0.2, 0) is 19.6 Å². The van der Waals surface area contributed by atoms with Gasteiger partial charge in [0.2, 0.25) is 0 Å². The first-order chi connectivity index (χ1) is 9.34. The van der Waals surface area contributed by atoms with Crippen molar-refractivity contribution in [3.05, 3.63) is 46.6 Å². The van der Waals surface area contributed by atoms with E-state index in [1.165, 1.54) is 4.68 Å². The van der Waals surface area contributed by atoms with Crippen molar-refractivity contribution < 1.29 is 4.74 Å². The van der Waals surface area contributed by atoms with Gasteiger partial charge in [-0.3, -0.25) is 4.57 Å². The first-order valence-electron chi connectivity index (χ1n) is 6.40. The van der Waals surface area contributed by atoms with Crippen LogP contribution in [0.2, 0.25) is 0 Å². The lowest BCUT2D eigenvalue weighted by atomic mass is 10.3. The lowest BCUT2D eigenvalue weighted by Gasteiger charge is -2.11. The summed E-state index contributed by atoms with van der Waals surface area (Å²) in [5.41, 5.74) is -0.0480. The van der Waals surface area contributed by atoms with Crippen molar-refractivity contribution in [2.24, 2.45) is 0 Å². The summed E-state index contributed by atoms with van der Waals surface area (Å²) in [6.45, 7) is 3.07. The van der Waals surface area contributed by atoms with Gasteiger partial charge < -0.3 is 10.1 Å². The summed E-state index contributed by atoms with van der Waals surface area (Å²) in [4.78, 5) is 12.0. The third-order valence-corrected chi connectivity index (χ3v) is 3.11. The van der Waals surface area contributed by atoms with Crippen molar-refractivity contribution in [3.8, 4) is 5.75 Å². The SMILES string of the molecule is O=c1n(CCOc2ccccc2)nc2n1CCNC2. The Morgan fingerprint density at radius 3 is 2.95 bits per heavy atom. The summed E-state index contributed by atoms with van der Waals surface area (Å²) in [5, 5.41) is 7.50. The molecule has 0 saturated heterocycles. The highest BCUT2D eigenvalue weighted by atomic mass is 16.5. The van der Waals surface area contributed by atoms with Gasteiger partial charge in [-0.2, -0.15) is 5.10 Å². The van der Waals surface area contributed by atoms with Gasteiger partial charge >= 0.3 is 5.69 Å². The zero-order chi connectivity index (χ0) is 13.1. The molecule has 1 aliphatic rings. The number of ether oxygens (including phenoxy) is 1. The number of hydrogen-bond acceptors (Lipinski definition) is 4. The molecule has 0 atom stereocenters. The molecule has 3 rings (SSSR count). The van der Waals surface area contributed by atoms with Crippen molar-refractivity contribution in [1.82, 2.24) is 19.7 Å². The first-order valence-corrected chi connectivity index (χ1v) is 6.40. The third kappa shape index (κ3) is 2.53. The van der Waals surface area contributed by atoms with E-state index in [1.54, 1.807) is 4.57 Å². The molecule has 1 aromatic carbocycles. The van der Waals surface area contributed by atoms with Crippen LogP contribution in [0.15, 0.2) is 35.1 Å². The predicted molar refractivity (Wildman–Crippen MR) is 70.1 cm³/mol. The Labute approximate surface area is 110 Å². The number of para-hydroxylation sites is 1. The van der Waals surface area contributed by atoms with Crippen LogP contribution in [0.4, 0.5) is 0 Å². The van der Waals surface area contributed by atoms with Crippen LogP contribution in [0.25, 0.3) is 0 Å². The monoisotopic (exact) mass is 260 g/mol. The zero-order valence-corrected chi connectivity index (χ0v) is 10.6. The van der Waals surface area contributed by atoms with Gasteiger partial charge in [0.05, 0.1) is 13.1 Å². The van der Waals surface area contributed by atoms with E-state index in [1.807, 2.05) is 30.3 Å². The number of aromatic nitrogens is 3. The molecule has 2 heterocycles. The third-order valence-electron chi connectivity index (χ3n) is 3.11. The van der Waals surface area contributed by atoms with Gasteiger partial charge in [0.25, 0.3) is 0 Å². The average Bonchev–Trinajstić information content (AvgIpc) is 2.78. The van der Waals surface area contributed by atoms with E-state index in [-0.39, 0.29) is 5.69 Å². The van der Waals surface area contributed by atoms with Crippen LogP contribution in [0, 0.1) is 0 Å². The molecule has 0 amide bonds. The number of fused-ring (bicyclic) bond motifs is 1. The Hall–Kier alpha value is -2.08. The minimum absolute atomic E-state index is 0.0480. The van der Waals surface area contributed by atoms with Crippen LogP contribution < -0.4 is 15.7 Å². The Kier molecular flexibility index (Phi) is 3.33. The largest absolute Gasteiger partial charge is 0.492 e. The molecule has 0 radical (unpaired) electrons. The second kappa shape index (κ2) is 5.27. The molecule has 6 nitrogen and oxygen atoms in total. The highest BCUT2D eigenvalue weighted by molar-refractivity contribution is 5.20. The van der Waals surface area contributed by atoms with E-state index in [4.69, 9.17) is 4.74 Å². The van der Waals surface area contributed by atoms with Crippen LogP contribution in [-0.4, -0.2) is 27.5 Å². The molecule has 6 heteroatoms. The van der Waals surface area contributed by atoms with Crippen molar-refractivity contribution in [2.45, 2.75) is 19.6 Å². The maximum atomic E-state index is 12.0. The summed E-state index contributed by atoms with van der Waals surface area (Å²) < 4.78 is 8.77. The van der Waals surface area contributed by atoms with E-state index in [9.17, 15) is 4.79 Å². The second-order valence-electron chi connectivity index (χ2n) is 4.41. The maximum Gasteiger partial charge on any atom is 0.346 e. The molecular weight excluding hydrogens is 244 g/mol. The summed E-state index contributed by atoms with van der Waals surface area (Å²) in [6, 6.07) is 9.56. The smallest absolute Gasteiger partial charge is 0.346 e. The highest BCUT2D eigenvalue weighted by Gasteiger charge is 2.15. The number of nitrogens with zero attached hydrogens (tertiary/aromatic N) is 3. The average molecular weight is 260 g/mol. The normalized spacial score (nSPS) is 14.1. The molecule has 1 aromatic heterocycles. The van der Waals surface area contributed by atoms with Crippen molar-refractivity contribution in [3.63, 3.8) is 0 Å². The lowest BCUT2D eigenvalue weighted by molar-refractivity contribution is 0.288. The second-order valence-corrected chi connectivity index (χ2v) is 4.41. The lowest BCUT2D eigenvalue weighted by Crippen LogP contribution is -2.34. The summed E-state index contributed by atoms with van der Waals surface area (Å²) in [5.74, 6) is 1.61. The maximum absolute atomic E-state index is 12.0. The quantitative estimate of drug-likeness (QED) is 0.854. The molecule has 2 aromatic rings. The first kappa shape index (κ1) is 12.0. The number of benzene rings is 1. The van der Waals surface area contributed by atoms with Gasteiger partial charge in [0, 0.05) is 13.1 Å². The molecule has 0 aliphatic carbocycles. The Morgan fingerprint density at radius 2 is 2.16 bits per heavy atom. The van der Waals surface area contributed by atoms with Crippen LogP contribution in [0.3, 0.4) is 0 Å². The van der Waals surface area contributed by atoms with E-state index < -0.39 is 0 Å². The fourth-order valence-electron chi connectivity index (χ4n) is 2.14. The molecule has 0 fully saturated rings. The number of hydrogen-bond donors (Lipinski definition) is 1. The minimum atomic E-state index is -0.0480. The van der Waals surface area contributed by atoms with Crippen molar-refractivity contribution in [2.75, 3.05) is 13.2 Å². The standard InChI is InChI=1S/C13H16N4O2/c18-13-16-7-6-14-10-12(16)15-17(13)8-9-19-11-4-2-1-3-5-11/h1-5,14H,6-10H2. The van der Waals surface area contributed by atoms with Crippen LogP contribution in [0.5, 0.6) is 5.75 Å². The Balaban J connectivity index is 1.64. The van der Waals surface area contributed by atoms with Crippen LogP contribution in [0.1, 0.15) is 5.82 Å². The number of rotatable bonds is 4. The fourth-order valence-corrected chi connectivity index (χ4v) is 2.14. The number of nitrogens with one attached hydrogen (secondary N) is 1. The minimum Gasteiger partial charge on any atom is -0.492 e. The summed E-state index contributed by atoms with van der Waals surface area (Å²) >= 11 is 0. The molecular formula is C13H16N4O2. The topological polar surface area (TPSA) is 61.1 Å². The zero-order valence-electron chi connectivity index (χ0n) is 10.6. The van der Waals surface area contributed by atoms with Gasteiger partial charge in [-0.1, -0.05) is 18.2 Å². The molecule has 100 valence electrons. The van der Waals surface area contributed by atoms with Gasteiger partial charge in [-0.05, 0) is 12.1 Å². The van der Waals surface area contributed by atoms with Crippen LogP contribution >= 0.6 is 0 Å². The van der Waals surface area contributed by atoms with Gasteiger partial charge in [0.15, 0.2) is 0 Å². The van der Waals surface area contributed by atoms with Gasteiger partial charge in [-0.15, -0.1) is 0 Å². The van der Waals surface area contributed by atoms with E-state index in [0.29, 0.717) is 26.2 Å². The summed E-state index contributed by atoms with van der Waals surface area (Å²) in [6.07, 6.45) is 0. The van der Waals surface area contributed by atoms with Gasteiger partial charge in [0.1, 0.15) is 18.2 Å². The van der Waals surface area contributed by atoms with Crippen molar-refractivity contribution in [1.29, 1.82) is 0 Å². The molecule has 19 heavy (non-hydrogen) atoms. The molecule has 0 bridgehead atoms. The van der Waals surface area contributed by atoms with Crippen molar-refractivity contribution >= 4 is 0 Å². The molecule has 0 spiro atoms. The fraction of sp³-hybridized carbons (Fsp3) is 0.385. The highest BCUT2D eigenvalue weighted by Crippen LogP contribution is 2.07. The molecule has 0 saturated carbocycles. The molecule has 1 aliphatic heterocycles. The van der Waals surface area contributed by atoms with E-state index in [0.717, 1.165) is 18.1 Å². The summed E-state index contributed by atoms with van der Waals surface area (Å²) in [7, 11) is 0. The Bertz CT molecular complexity index is 603.